The smallest absolute Gasteiger partial charge is 0.161 e. The Morgan fingerprint density at radius 1 is 0.806 bits per heavy atom. The maximum absolute atomic E-state index is 15.0. The van der Waals surface area contributed by atoms with Crippen molar-refractivity contribution in [1.29, 1.82) is 0 Å². The molecule has 5 heteroatoms. The third-order valence-corrected chi connectivity index (χ3v) is 6.41. The van der Waals surface area contributed by atoms with E-state index in [-0.39, 0.29) is 17.1 Å². The first-order valence-corrected chi connectivity index (χ1v) is 10.6. The normalized spacial score (nSPS) is 33.7. The lowest BCUT2D eigenvalue weighted by atomic mass is 9.84. The highest BCUT2D eigenvalue weighted by atomic mass is 19.2. The molecule has 31 heavy (non-hydrogen) atoms. The first-order chi connectivity index (χ1) is 14.9. The summed E-state index contributed by atoms with van der Waals surface area (Å²) in [6.07, 6.45) is 2.23. The zero-order valence-corrected chi connectivity index (χ0v) is 17.4. The van der Waals surface area contributed by atoms with Crippen molar-refractivity contribution in [3.63, 3.8) is 0 Å². The first kappa shape index (κ1) is 21.8. The minimum absolute atomic E-state index is 0.233. The van der Waals surface area contributed by atoms with Crippen molar-refractivity contribution in [2.75, 3.05) is 6.61 Å². The van der Waals surface area contributed by atoms with Crippen LogP contribution < -0.4 is 0 Å². The molecule has 6 unspecified atom stereocenters. The molecule has 1 nitrogen and oxygen atoms in total. The van der Waals surface area contributed by atoms with Gasteiger partial charge in [0.25, 0.3) is 0 Å². The number of allylic oxidation sites excluding steroid dienone is 7. The van der Waals surface area contributed by atoms with Crippen LogP contribution in [0.2, 0.25) is 0 Å². The minimum atomic E-state index is -1.81. The predicted molar refractivity (Wildman–Crippen MR) is 116 cm³/mol. The van der Waals surface area contributed by atoms with E-state index in [0.717, 1.165) is 6.42 Å². The Hall–Kier alpha value is -2.40. The van der Waals surface area contributed by atoms with Crippen LogP contribution in [0.5, 0.6) is 0 Å². The maximum Gasteiger partial charge on any atom is 0.161 e. The van der Waals surface area contributed by atoms with Gasteiger partial charge in [-0.05, 0) is 53.2 Å². The van der Waals surface area contributed by atoms with E-state index in [0.29, 0.717) is 35.3 Å². The van der Waals surface area contributed by atoms with Gasteiger partial charge in [-0.2, -0.15) is 0 Å². The van der Waals surface area contributed by atoms with Crippen molar-refractivity contribution < 1.29 is 22.3 Å². The number of hydrogen-bond donors (Lipinski definition) is 0. The molecule has 0 spiro atoms. The van der Waals surface area contributed by atoms with E-state index in [4.69, 9.17) is 4.74 Å². The van der Waals surface area contributed by atoms with E-state index in [9.17, 15) is 13.2 Å². The zero-order valence-electron chi connectivity index (χ0n) is 17.4. The first-order valence-electron chi connectivity index (χ1n) is 10.6. The molecule has 1 aromatic rings. The summed E-state index contributed by atoms with van der Waals surface area (Å²) < 4.78 is 64.1. The van der Waals surface area contributed by atoms with E-state index >= 15 is 4.39 Å². The van der Waals surface area contributed by atoms with Crippen LogP contribution in [0.4, 0.5) is 17.6 Å². The lowest BCUT2D eigenvalue weighted by molar-refractivity contribution is 0.00746. The van der Waals surface area contributed by atoms with Gasteiger partial charge in [0.05, 0.1) is 12.7 Å². The van der Waals surface area contributed by atoms with Gasteiger partial charge in [0, 0.05) is 5.92 Å². The van der Waals surface area contributed by atoms with Crippen molar-refractivity contribution in [3.05, 3.63) is 83.5 Å². The van der Waals surface area contributed by atoms with Gasteiger partial charge in [0.1, 0.15) is 0 Å². The van der Waals surface area contributed by atoms with Gasteiger partial charge in [0.2, 0.25) is 0 Å². The molecule has 6 atom stereocenters. The van der Waals surface area contributed by atoms with Crippen LogP contribution in [0.25, 0.3) is 11.1 Å². The second kappa shape index (κ2) is 8.99. The average Bonchev–Trinajstić information content (AvgIpc) is 2.80. The van der Waals surface area contributed by atoms with Gasteiger partial charge in [-0.25, -0.2) is 17.6 Å². The number of ether oxygens (including phenoxy) is 1. The number of alkyl halides is 4. The van der Waals surface area contributed by atoms with Crippen LogP contribution in [-0.4, -0.2) is 37.4 Å². The number of rotatable bonds is 4. The monoisotopic (exact) mass is 430 g/mol. The lowest BCUT2D eigenvalue weighted by Gasteiger charge is -2.33. The third kappa shape index (κ3) is 4.20. The van der Waals surface area contributed by atoms with E-state index in [1.807, 2.05) is 6.08 Å². The molecule has 2 aliphatic carbocycles. The molecule has 0 bridgehead atoms. The quantitative estimate of drug-likeness (QED) is 0.382. The van der Waals surface area contributed by atoms with E-state index in [1.54, 1.807) is 55.5 Å². The summed E-state index contributed by atoms with van der Waals surface area (Å²) in [5, 5.41) is 0. The number of halogens is 4. The Labute approximate surface area is 180 Å². The number of hydrogen-bond acceptors (Lipinski definition) is 1. The molecule has 0 N–H and O–H groups in total. The zero-order chi connectivity index (χ0) is 22.1. The van der Waals surface area contributed by atoms with Crippen LogP contribution in [0, 0.1) is 5.92 Å². The molecule has 1 fully saturated rings. The highest BCUT2D eigenvalue weighted by molar-refractivity contribution is 5.77. The fourth-order valence-electron chi connectivity index (χ4n) is 4.36. The summed E-state index contributed by atoms with van der Waals surface area (Å²) in [4.78, 5) is 0. The molecule has 3 aliphatic rings. The standard InChI is InChI=1S/C26H26F4O/c1-3-16-5-13-22(31-14-16)21-12-11-20(25(29)26(21)30)18-8-6-17(7-9-18)19-10-4-15(2)23(27)24(19)28/h3-4,6-12,16,22-26H,1,5,13-14H2,2H3. The Morgan fingerprint density at radius 2 is 1.39 bits per heavy atom. The molecule has 0 radical (unpaired) electrons. The molecular weight excluding hydrogens is 404 g/mol. The summed E-state index contributed by atoms with van der Waals surface area (Å²) in [5.74, 6) is 0.250. The van der Waals surface area contributed by atoms with Crippen molar-refractivity contribution in [3.8, 4) is 0 Å². The highest BCUT2D eigenvalue weighted by Gasteiger charge is 2.37. The average molecular weight is 430 g/mol. The minimum Gasteiger partial charge on any atom is -0.373 e. The van der Waals surface area contributed by atoms with Gasteiger partial charge in [-0.1, -0.05) is 54.6 Å². The molecule has 0 amide bonds. The highest BCUT2D eigenvalue weighted by Crippen LogP contribution is 2.38. The van der Waals surface area contributed by atoms with E-state index in [1.165, 1.54) is 0 Å². The molecule has 0 aromatic heterocycles. The summed E-state index contributed by atoms with van der Waals surface area (Å²) in [6, 6.07) is 6.48. The van der Waals surface area contributed by atoms with Crippen molar-refractivity contribution in [2.45, 2.75) is 50.6 Å². The van der Waals surface area contributed by atoms with Crippen LogP contribution in [-0.2, 0) is 4.74 Å². The molecule has 1 aliphatic heterocycles. The topological polar surface area (TPSA) is 9.23 Å². The molecule has 1 saturated heterocycles. The fourth-order valence-corrected chi connectivity index (χ4v) is 4.36. The van der Waals surface area contributed by atoms with Crippen molar-refractivity contribution in [2.24, 2.45) is 5.92 Å². The van der Waals surface area contributed by atoms with Gasteiger partial charge >= 0.3 is 0 Å². The van der Waals surface area contributed by atoms with Crippen molar-refractivity contribution >= 4 is 11.1 Å². The summed E-state index contributed by atoms with van der Waals surface area (Å²) in [7, 11) is 0. The molecule has 1 heterocycles. The Bertz CT molecular complexity index is 948. The van der Waals surface area contributed by atoms with Crippen LogP contribution in [0.1, 0.15) is 30.9 Å². The molecular formula is C26H26F4O. The molecule has 1 aromatic carbocycles. The second-order valence-corrected chi connectivity index (χ2v) is 8.40. The van der Waals surface area contributed by atoms with Crippen LogP contribution >= 0.6 is 0 Å². The molecule has 164 valence electrons. The second-order valence-electron chi connectivity index (χ2n) is 8.40. The predicted octanol–water partition coefficient (Wildman–Crippen LogP) is 6.69. The fraction of sp³-hybridized carbons (Fsp3) is 0.385. The van der Waals surface area contributed by atoms with Crippen LogP contribution in [0.3, 0.4) is 0 Å². The SMILES string of the molecule is C=CC1CCC(C2=CC=C(c3ccc(C4=CC=C(C)C(F)C4F)cc3)C(F)C2F)OC1. The summed E-state index contributed by atoms with van der Waals surface area (Å²) in [5.41, 5.74) is 2.20. The van der Waals surface area contributed by atoms with Gasteiger partial charge in [-0.3, -0.25) is 0 Å². The van der Waals surface area contributed by atoms with Gasteiger partial charge < -0.3 is 4.74 Å². The largest absolute Gasteiger partial charge is 0.373 e. The van der Waals surface area contributed by atoms with Crippen LogP contribution in [0.15, 0.2) is 72.4 Å². The molecule has 4 rings (SSSR count). The molecule has 0 saturated carbocycles. The van der Waals surface area contributed by atoms with Gasteiger partial charge in [0.15, 0.2) is 24.7 Å². The van der Waals surface area contributed by atoms with Crippen molar-refractivity contribution in [1.82, 2.24) is 0 Å². The third-order valence-electron chi connectivity index (χ3n) is 6.41. The Balaban J connectivity index is 1.54. The maximum atomic E-state index is 15.0. The van der Waals surface area contributed by atoms with Gasteiger partial charge in [-0.15, -0.1) is 6.58 Å². The van der Waals surface area contributed by atoms with E-state index < -0.39 is 30.8 Å². The Kier molecular flexibility index (Phi) is 6.33. The summed E-state index contributed by atoms with van der Waals surface area (Å²) >= 11 is 0. The lowest BCUT2D eigenvalue weighted by Crippen LogP contribution is -2.35. The van der Waals surface area contributed by atoms with E-state index in [2.05, 4.69) is 6.58 Å². The number of benzene rings is 1. The Morgan fingerprint density at radius 3 is 1.94 bits per heavy atom. The summed E-state index contributed by atoms with van der Waals surface area (Å²) in [6.45, 7) is 5.77.